The van der Waals surface area contributed by atoms with E-state index in [9.17, 15) is 14.4 Å². The number of carbonyl (C=O) groups excluding carboxylic acids is 3. The van der Waals surface area contributed by atoms with Gasteiger partial charge in [0.05, 0.1) is 11.7 Å². The van der Waals surface area contributed by atoms with Crippen molar-refractivity contribution in [1.29, 1.82) is 0 Å². The van der Waals surface area contributed by atoms with Crippen molar-refractivity contribution in [3.63, 3.8) is 0 Å². The monoisotopic (exact) mass is 433 g/mol. The fraction of sp³-hybridized carbons (Fsp3) is 0.591. The van der Waals surface area contributed by atoms with Crippen molar-refractivity contribution < 1.29 is 28.2 Å². The van der Waals surface area contributed by atoms with Gasteiger partial charge in [-0.2, -0.15) is 0 Å². The number of methoxy groups -OCH3 is 2. The van der Waals surface area contributed by atoms with Crippen LogP contribution in [0, 0.1) is 11.7 Å². The SMILES string of the molecule is COC(OC)C1CCN(c2ccc3c(c2F)C(C)N(C2CCC(=O)NC2=O)C3=O)CC1. The highest BCUT2D eigenvalue weighted by atomic mass is 19.1. The quantitative estimate of drug-likeness (QED) is 0.564. The molecule has 9 heteroatoms. The van der Waals surface area contributed by atoms with Crippen LogP contribution in [0.3, 0.4) is 0 Å². The first kappa shape index (κ1) is 21.7. The highest BCUT2D eigenvalue weighted by molar-refractivity contribution is 6.06. The molecule has 3 aliphatic rings. The molecule has 0 bridgehead atoms. The van der Waals surface area contributed by atoms with Crippen LogP contribution in [0.15, 0.2) is 12.1 Å². The van der Waals surface area contributed by atoms with E-state index in [0.717, 1.165) is 12.8 Å². The van der Waals surface area contributed by atoms with Gasteiger partial charge in [-0.05, 0) is 38.3 Å². The van der Waals surface area contributed by atoms with Crippen LogP contribution in [-0.4, -0.2) is 62.3 Å². The number of nitrogens with one attached hydrogen (secondary N) is 1. The minimum Gasteiger partial charge on any atom is -0.369 e. The summed E-state index contributed by atoms with van der Waals surface area (Å²) in [5.41, 5.74) is 1.07. The van der Waals surface area contributed by atoms with Crippen molar-refractivity contribution in [2.45, 2.75) is 51.0 Å². The molecule has 0 aliphatic carbocycles. The Labute approximate surface area is 180 Å². The smallest absolute Gasteiger partial charge is 0.255 e. The number of piperidine rings is 2. The zero-order valence-corrected chi connectivity index (χ0v) is 18.0. The molecule has 3 aliphatic heterocycles. The van der Waals surface area contributed by atoms with Crippen molar-refractivity contribution in [2.75, 3.05) is 32.2 Å². The molecule has 2 saturated heterocycles. The molecule has 8 nitrogen and oxygen atoms in total. The van der Waals surface area contributed by atoms with E-state index in [1.807, 2.05) is 4.90 Å². The number of halogens is 1. The molecule has 0 spiro atoms. The van der Waals surface area contributed by atoms with Crippen LogP contribution in [0.1, 0.15) is 54.6 Å². The number of fused-ring (bicyclic) bond motifs is 1. The van der Waals surface area contributed by atoms with E-state index in [0.29, 0.717) is 24.3 Å². The molecule has 168 valence electrons. The van der Waals surface area contributed by atoms with Crippen LogP contribution in [-0.2, 0) is 19.1 Å². The zero-order chi connectivity index (χ0) is 22.3. The first-order chi connectivity index (χ1) is 14.9. The molecule has 0 radical (unpaired) electrons. The number of imide groups is 1. The maximum absolute atomic E-state index is 15.6. The molecular weight excluding hydrogens is 405 g/mol. The number of nitrogens with zero attached hydrogens (tertiary/aromatic N) is 2. The van der Waals surface area contributed by atoms with Gasteiger partial charge in [0.15, 0.2) is 12.1 Å². The lowest BCUT2D eigenvalue weighted by molar-refractivity contribution is -0.141. The number of hydrogen-bond acceptors (Lipinski definition) is 6. The molecule has 1 aromatic carbocycles. The van der Waals surface area contributed by atoms with Gasteiger partial charge in [0, 0.05) is 50.8 Å². The Morgan fingerprint density at radius 1 is 1.10 bits per heavy atom. The van der Waals surface area contributed by atoms with E-state index >= 15 is 4.39 Å². The summed E-state index contributed by atoms with van der Waals surface area (Å²) in [5.74, 6) is -1.39. The molecule has 3 heterocycles. The Kier molecular flexibility index (Phi) is 5.98. The van der Waals surface area contributed by atoms with Gasteiger partial charge in [0.2, 0.25) is 11.8 Å². The van der Waals surface area contributed by atoms with Gasteiger partial charge in [-0.25, -0.2) is 4.39 Å². The molecule has 1 aromatic rings. The van der Waals surface area contributed by atoms with Gasteiger partial charge in [-0.3, -0.25) is 19.7 Å². The Morgan fingerprint density at radius 2 is 1.77 bits per heavy atom. The number of hydrogen-bond donors (Lipinski definition) is 1. The molecule has 3 amide bonds. The van der Waals surface area contributed by atoms with Crippen LogP contribution in [0.25, 0.3) is 0 Å². The Morgan fingerprint density at radius 3 is 2.39 bits per heavy atom. The fourth-order valence-corrected chi connectivity index (χ4v) is 5.13. The number of benzene rings is 1. The van der Waals surface area contributed by atoms with Gasteiger partial charge in [0.1, 0.15) is 6.04 Å². The summed E-state index contributed by atoms with van der Waals surface area (Å²) < 4.78 is 26.4. The summed E-state index contributed by atoms with van der Waals surface area (Å²) in [6, 6.07) is 1.94. The molecular formula is C22H28FN3O5. The predicted molar refractivity (Wildman–Crippen MR) is 110 cm³/mol. The van der Waals surface area contributed by atoms with E-state index in [2.05, 4.69) is 5.32 Å². The van der Waals surface area contributed by atoms with Crippen LogP contribution in [0.4, 0.5) is 10.1 Å². The van der Waals surface area contributed by atoms with Gasteiger partial charge in [-0.15, -0.1) is 0 Å². The third-order valence-corrected chi connectivity index (χ3v) is 6.74. The zero-order valence-electron chi connectivity index (χ0n) is 18.0. The standard InChI is InChI=1S/C22H28FN3O5/c1-12-18-14(21(29)26(12)16-6-7-17(27)24-20(16)28)4-5-15(19(18)23)25-10-8-13(9-11-25)22(30-2)31-3/h4-5,12-13,16,22H,6-11H2,1-3H3,(H,24,27,28). The van der Waals surface area contributed by atoms with Crippen LogP contribution in [0.2, 0.25) is 0 Å². The molecule has 31 heavy (non-hydrogen) atoms. The molecule has 2 unspecified atom stereocenters. The number of ether oxygens (including phenoxy) is 2. The molecule has 2 fully saturated rings. The lowest BCUT2D eigenvalue weighted by Gasteiger charge is -2.36. The number of amides is 3. The van der Waals surface area contributed by atoms with Crippen molar-refractivity contribution >= 4 is 23.4 Å². The second-order valence-electron chi connectivity index (χ2n) is 8.38. The highest BCUT2D eigenvalue weighted by Gasteiger charge is 2.45. The lowest BCUT2D eigenvalue weighted by atomic mass is 9.95. The topological polar surface area (TPSA) is 88.2 Å². The van der Waals surface area contributed by atoms with E-state index < -0.39 is 23.8 Å². The molecule has 0 saturated carbocycles. The first-order valence-electron chi connectivity index (χ1n) is 10.7. The summed E-state index contributed by atoms with van der Waals surface area (Å²) in [5, 5.41) is 2.28. The highest BCUT2D eigenvalue weighted by Crippen LogP contribution is 2.41. The summed E-state index contributed by atoms with van der Waals surface area (Å²) in [7, 11) is 3.24. The van der Waals surface area contributed by atoms with Crippen molar-refractivity contribution in [1.82, 2.24) is 10.2 Å². The predicted octanol–water partition coefficient (Wildman–Crippen LogP) is 1.98. The maximum atomic E-state index is 15.6. The Hall–Kier alpha value is -2.52. The van der Waals surface area contributed by atoms with Crippen molar-refractivity contribution in [2.24, 2.45) is 5.92 Å². The molecule has 2 atom stereocenters. The van der Waals surface area contributed by atoms with Gasteiger partial charge in [-0.1, -0.05) is 0 Å². The summed E-state index contributed by atoms with van der Waals surface area (Å²) in [4.78, 5) is 40.2. The maximum Gasteiger partial charge on any atom is 0.255 e. The van der Waals surface area contributed by atoms with Crippen LogP contribution < -0.4 is 10.2 Å². The Bertz CT molecular complexity index is 895. The first-order valence-corrected chi connectivity index (χ1v) is 10.7. The normalized spacial score (nSPS) is 24.7. The summed E-state index contributed by atoms with van der Waals surface area (Å²) >= 11 is 0. The second-order valence-corrected chi connectivity index (χ2v) is 8.38. The van der Waals surface area contributed by atoms with E-state index in [-0.39, 0.29) is 42.4 Å². The van der Waals surface area contributed by atoms with E-state index in [1.165, 1.54) is 4.90 Å². The second kappa shape index (κ2) is 8.55. The number of anilines is 1. The lowest BCUT2D eigenvalue weighted by Crippen LogP contribution is -2.53. The van der Waals surface area contributed by atoms with Gasteiger partial charge in [0.25, 0.3) is 5.91 Å². The van der Waals surface area contributed by atoms with E-state index in [1.54, 1.807) is 33.3 Å². The third kappa shape index (κ3) is 3.70. The van der Waals surface area contributed by atoms with Crippen LogP contribution in [0.5, 0.6) is 0 Å². The summed E-state index contributed by atoms with van der Waals surface area (Å²) in [6.45, 7) is 3.04. The third-order valence-electron chi connectivity index (χ3n) is 6.74. The van der Waals surface area contributed by atoms with Crippen LogP contribution >= 0.6 is 0 Å². The van der Waals surface area contributed by atoms with E-state index in [4.69, 9.17) is 9.47 Å². The summed E-state index contributed by atoms with van der Waals surface area (Å²) in [6.07, 6.45) is 1.75. The fourth-order valence-electron chi connectivity index (χ4n) is 5.13. The molecule has 1 N–H and O–H groups in total. The van der Waals surface area contributed by atoms with Gasteiger partial charge >= 0.3 is 0 Å². The minimum absolute atomic E-state index is 0.163. The minimum atomic E-state index is -0.772. The number of carbonyl (C=O) groups is 3. The molecule has 0 aromatic heterocycles. The average molecular weight is 433 g/mol. The van der Waals surface area contributed by atoms with Crippen molar-refractivity contribution in [3.8, 4) is 0 Å². The molecule has 4 rings (SSSR count). The largest absolute Gasteiger partial charge is 0.369 e. The number of rotatable bonds is 5. The average Bonchev–Trinajstić information content (AvgIpc) is 3.01. The van der Waals surface area contributed by atoms with Gasteiger partial charge < -0.3 is 19.3 Å². The van der Waals surface area contributed by atoms with Crippen molar-refractivity contribution in [3.05, 3.63) is 29.1 Å². The Balaban J connectivity index is 1.55.